The number of rotatable bonds is 7. The van der Waals surface area contributed by atoms with Gasteiger partial charge in [0.1, 0.15) is 5.75 Å². The summed E-state index contributed by atoms with van der Waals surface area (Å²) < 4.78 is 83.6. The van der Waals surface area contributed by atoms with Gasteiger partial charge in [-0.2, -0.15) is 26.3 Å². The van der Waals surface area contributed by atoms with Gasteiger partial charge in [0.15, 0.2) is 0 Å². The van der Waals surface area contributed by atoms with Gasteiger partial charge >= 0.3 is 18.4 Å². The van der Waals surface area contributed by atoms with Gasteiger partial charge in [0.2, 0.25) is 0 Å². The molecule has 1 saturated carbocycles. The van der Waals surface area contributed by atoms with Crippen LogP contribution in [0.4, 0.5) is 31.1 Å². The minimum Gasteiger partial charge on any atom is -0.410 e. The van der Waals surface area contributed by atoms with Crippen molar-refractivity contribution in [2.45, 2.75) is 37.3 Å². The summed E-state index contributed by atoms with van der Waals surface area (Å²) in [6, 6.07) is 9.66. The van der Waals surface area contributed by atoms with Crippen LogP contribution >= 0.6 is 0 Å². The van der Waals surface area contributed by atoms with Gasteiger partial charge < -0.3 is 20.1 Å². The summed E-state index contributed by atoms with van der Waals surface area (Å²) in [5.74, 6) is 0.601. The largest absolute Gasteiger partial charge is 0.430 e. The van der Waals surface area contributed by atoms with Crippen molar-refractivity contribution in [1.29, 1.82) is 0 Å². The van der Waals surface area contributed by atoms with Crippen LogP contribution < -0.4 is 10.1 Å². The molecule has 2 aromatic carbocycles. The van der Waals surface area contributed by atoms with Gasteiger partial charge in [0.25, 0.3) is 11.5 Å². The van der Waals surface area contributed by atoms with Gasteiger partial charge in [-0.05, 0) is 48.6 Å². The lowest BCUT2D eigenvalue weighted by Gasteiger charge is -2.35. The molecule has 13 heteroatoms. The molecule has 1 heterocycles. The van der Waals surface area contributed by atoms with E-state index in [2.05, 4.69) is 5.32 Å². The summed E-state index contributed by atoms with van der Waals surface area (Å²) in [5.41, 5.74) is -5.40. The molecule has 39 heavy (non-hydrogen) atoms. The first-order valence-corrected chi connectivity index (χ1v) is 12.3. The molecular formula is C26H27F6N3O4. The molecule has 1 aliphatic heterocycles. The van der Waals surface area contributed by atoms with Crippen LogP contribution in [-0.2, 0) is 12.1 Å². The van der Waals surface area contributed by atoms with E-state index in [1.807, 2.05) is 4.90 Å². The summed E-state index contributed by atoms with van der Waals surface area (Å²) >= 11 is 0. The smallest absolute Gasteiger partial charge is 0.410 e. The fraction of sp³-hybridized carbons (Fsp3) is 0.462. The summed E-state index contributed by atoms with van der Waals surface area (Å²) in [6.07, 6.45) is -10.2. The van der Waals surface area contributed by atoms with E-state index in [-0.39, 0.29) is 12.5 Å². The molecule has 0 aromatic heterocycles. The molecule has 0 radical (unpaired) electrons. The predicted molar refractivity (Wildman–Crippen MR) is 127 cm³/mol. The second kappa shape index (κ2) is 11.0. The van der Waals surface area contributed by atoms with E-state index in [0.29, 0.717) is 67.7 Å². The molecule has 1 saturated heterocycles. The molecule has 2 aromatic rings. The van der Waals surface area contributed by atoms with Gasteiger partial charge in [-0.15, -0.1) is 0 Å². The number of ether oxygens (including phenoxy) is 1. The van der Waals surface area contributed by atoms with Crippen LogP contribution in [0.25, 0.3) is 0 Å². The Bertz CT molecular complexity index is 1140. The second-order valence-corrected chi connectivity index (χ2v) is 9.71. The third-order valence-electron chi connectivity index (χ3n) is 6.80. The van der Waals surface area contributed by atoms with E-state index in [1.165, 1.54) is 12.1 Å². The average Bonchev–Trinajstić information content (AvgIpc) is 3.71. The van der Waals surface area contributed by atoms with Crippen LogP contribution in [0.1, 0.15) is 34.3 Å². The van der Waals surface area contributed by atoms with Crippen LogP contribution in [0.5, 0.6) is 5.75 Å². The van der Waals surface area contributed by atoms with Crippen molar-refractivity contribution in [2.75, 3.05) is 32.7 Å². The fourth-order valence-corrected chi connectivity index (χ4v) is 4.25. The Kier molecular flexibility index (Phi) is 8.12. The number of carbonyl (C=O) groups excluding carboxylic acids is 2. The minimum atomic E-state index is -5.94. The van der Waals surface area contributed by atoms with Gasteiger partial charge in [0.05, 0.1) is 0 Å². The SMILES string of the molecule is O=C(NCC1CC1)Oc1ccc(C(=O)N2CCN(Cc3ccc(C(O)(C(F)(F)F)C(F)(F)F)cc3)CC2)cc1. The lowest BCUT2D eigenvalue weighted by molar-refractivity contribution is -0.376. The maximum Gasteiger partial charge on any atom is 0.430 e. The highest BCUT2D eigenvalue weighted by molar-refractivity contribution is 5.94. The molecule has 0 atom stereocenters. The van der Waals surface area contributed by atoms with Crippen LogP contribution in [0.2, 0.25) is 0 Å². The Labute approximate surface area is 220 Å². The van der Waals surface area contributed by atoms with Crippen LogP contribution in [0.3, 0.4) is 0 Å². The highest BCUT2D eigenvalue weighted by Gasteiger charge is 2.71. The summed E-state index contributed by atoms with van der Waals surface area (Å²) in [4.78, 5) is 28.2. The molecule has 2 N–H and O–H groups in total. The maximum atomic E-state index is 13.1. The van der Waals surface area contributed by atoms with Crippen molar-refractivity contribution in [2.24, 2.45) is 5.92 Å². The number of piperazine rings is 1. The Morgan fingerprint density at radius 2 is 1.44 bits per heavy atom. The van der Waals surface area contributed by atoms with Gasteiger partial charge in [-0.1, -0.05) is 24.3 Å². The van der Waals surface area contributed by atoms with Gasteiger partial charge in [-0.3, -0.25) is 9.69 Å². The van der Waals surface area contributed by atoms with Crippen molar-refractivity contribution in [1.82, 2.24) is 15.1 Å². The predicted octanol–water partition coefficient (Wildman–Crippen LogP) is 4.46. The van der Waals surface area contributed by atoms with Crippen LogP contribution in [0.15, 0.2) is 48.5 Å². The Hall–Kier alpha value is -3.32. The third-order valence-corrected chi connectivity index (χ3v) is 6.80. The molecule has 2 aliphatic rings. The normalized spacial score (nSPS) is 17.2. The van der Waals surface area contributed by atoms with E-state index in [0.717, 1.165) is 25.0 Å². The number of benzene rings is 2. The number of halogens is 6. The molecule has 1 aliphatic carbocycles. The summed E-state index contributed by atoms with van der Waals surface area (Å²) in [7, 11) is 0. The topological polar surface area (TPSA) is 82.1 Å². The highest BCUT2D eigenvalue weighted by Crippen LogP contribution is 2.50. The van der Waals surface area contributed by atoms with Crippen molar-refractivity contribution < 1.29 is 45.8 Å². The maximum absolute atomic E-state index is 13.1. The van der Waals surface area contributed by atoms with Crippen molar-refractivity contribution in [3.63, 3.8) is 0 Å². The standard InChI is InChI=1S/C26H27F6N3O4/c27-25(28,29)24(38,26(30,31)32)20-7-3-18(4-8-20)16-34-11-13-35(14-12-34)22(36)19-5-9-21(10-6-19)39-23(37)33-15-17-1-2-17/h3-10,17,38H,1-2,11-16H2,(H,33,37). The second-order valence-electron chi connectivity index (χ2n) is 9.71. The Morgan fingerprint density at radius 1 is 0.872 bits per heavy atom. The first-order chi connectivity index (χ1) is 18.3. The van der Waals surface area contributed by atoms with Gasteiger partial charge in [-0.25, -0.2) is 4.79 Å². The number of nitrogens with zero attached hydrogens (tertiary/aromatic N) is 2. The van der Waals surface area contributed by atoms with Crippen LogP contribution in [-0.4, -0.2) is 72.0 Å². The number of hydrogen-bond acceptors (Lipinski definition) is 5. The number of aliphatic hydroxyl groups is 1. The number of carbonyl (C=O) groups is 2. The fourth-order valence-electron chi connectivity index (χ4n) is 4.25. The zero-order valence-corrected chi connectivity index (χ0v) is 20.7. The van der Waals surface area contributed by atoms with E-state index in [4.69, 9.17) is 4.74 Å². The lowest BCUT2D eigenvalue weighted by Crippen LogP contribution is -2.53. The van der Waals surface area contributed by atoms with E-state index in [9.17, 15) is 41.0 Å². The zero-order chi connectivity index (χ0) is 28.4. The number of alkyl halides is 6. The minimum absolute atomic E-state index is 0.220. The molecule has 0 unspecified atom stereocenters. The summed E-state index contributed by atoms with van der Waals surface area (Å²) in [6.45, 7) is 2.41. The average molecular weight is 560 g/mol. The molecule has 2 fully saturated rings. The van der Waals surface area contributed by atoms with Crippen molar-refractivity contribution in [3.8, 4) is 5.75 Å². The van der Waals surface area contributed by atoms with Crippen molar-refractivity contribution in [3.05, 3.63) is 65.2 Å². The molecule has 2 amide bonds. The molecule has 212 valence electrons. The van der Waals surface area contributed by atoms with E-state index in [1.54, 1.807) is 17.0 Å². The zero-order valence-electron chi connectivity index (χ0n) is 20.7. The number of amides is 2. The highest BCUT2D eigenvalue weighted by atomic mass is 19.4. The molecule has 7 nitrogen and oxygen atoms in total. The van der Waals surface area contributed by atoms with Crippen LogP contribution in [0, 0.1) is 5.92 Å². The molecular weight excluding hydrogens is 532 g/mol. The van der Waals surface area contributed by atoms with Gasteiger partial charge in [0, 0.05) is 50.4 Å². The third kappa shape index (κ3) is 6.64. The Balaban J connectivity index is 1.28. The lowest BCUT2D eigenvalue weighted by atomic mass is 9.91. The quantitative estimate of drug-likeness (QED) is 0.490. The number of hydrogen-bond donors (Lipinski definition) is 2. The summed E-state index contributed by atoms with van der Waals surface area (Å²) in [5, 5.41) is 12.2. The van der Waals surface area contributed by atoms with E-state index < -0.39 is 29.6 Å². The number of nitrogens with one attached hydrogen (secondary N) is 1. The Morgan fingerprint density at radius 3 is 1.95 bits per heavy atom. The van der Waals surface area contributed by atoms with E-state index >= 15 is 0 Å². The molecule has 0 spiro atoms. The van der Waals surface area contributed by atoms with Crippen molar-refractivity contribution >= 4 is 12.0 Å². The molecule has 4 rings (SSSR count). The molecule has 0 bridgehead atoms. The monoisotopic (exact) mass is 559 g/mol. The first kappa shape index (κ1) is 28.7. The first-order valence-electron chi connectivity index (χ1n) is 12.3.